The van der Waals surface area contributed by atoms with Crippen molar-refractivity contribution in [2.45, 2.75) is 0 Å². The van der Waals surface area contributed by atoms with Gasteiger partial charge in [0.15, 0.2) is 0 Å². The molecule has 0 bridgehead atoms. The topological polar surface area (TPSA) is 73.6 Å². The molecule has 0 atom stereocenters. The molecule has 2 aromatic rings. The maximum absolute atomic E-state index is 12.3. The van der Waals surface area contributed by atoms with Crippen LogP contribution in [0, 0.1) is 0 Å². The Bertz CT molecular complexity index is 674. The lowest BCUT2D eigenvalue weighted by Crippen LogP contribution is -2.13. The molecule has 2 aromatic carbocycles. The molecular formula is C15H15ClN2O3. The largest absolute Gasteiger partial charge is 0.497 e. The summed E-state index contributed by atoms with van der Waals surface area (Å²) in [4.78, 5) is 12.3. The Morgan fingerprint density at radius 1 is 1.14 bits per heavy atom. The van der Waals surface area contributed by atoms with Crippen molar-refractivity contribution in [3.05, 3.63) is 47.0 Å². The van der Waals surface area contributed by atoms with Crippen molar-refractivity contribution in [1.29, 1.82) is 0 Å². The molecule has 0 aliphatic heterocycles. The molecule has 0 aliphatic rings. The van der Waals surface area contributed by atoms with E-state index < -0.39 is 0 Å². The summed E-state index contributed by atoms with van der Waals surface area (Å²) in [6.45, 7) is 0. The van der Waals surface area contributed by atoms with Crippen molar-refractivity contribution >= 4 is 28.9 Å². The summed E-state index contributed by atoms with van der Waals surface area (Å²) >= 11 is 5.85. The van der Waals surface area contributed by atoms with Crippen molar-refractivity contribution < 1.29 is 14.3 Å². The number of nitrogens with two attached hydrogens (primary N) is 1. The molecule has 0 unspecified atom stereocenters. The van der Waals surface area contributed by atoms with Gasteiger partial charge in [0, 0.05) is 5.69 Å². The van der Waals surface area contributed by atoms with Gasteiger partial charge >= 0.3 is 0 Å². The maximum atomic E-state index is 12.3. The smallest absolute Gasteiger partial charge is 0.259 e. The fraction of sp³-hybridized carbons (Fsp3) is 0.133. The first kappa shape index (κ1) is 15.0. The second kappa shape index (κ2) is 6.37. The van der Waals surface area contributed by atoms with Gasteiger partial charge in [-0.05, 0) is 36.4 Å². The second-order valence-corrected chi connectivity index (χ2v) is 4.66. The number of carbonyl (C=O) groups is 1. The zero-order valence-electron chi connectivity index (χ0n) is 11.6. The van der Waals surface area contributed by atoms with Crippen LogP contribution in [-0.4, -0.2) is 20.1 Å². The van der Waals surface area contributed by atoms with Gasteiger partial charge in [-0.1, -0.05) is 11.6 Å². The monoisotopic (exact) mass is 306 g/mol. The van der Waals surface area contributed by atoms with E-state index in [0.717, 1.165) is 0 Å². The lowest BCUT2D eigenvalue weighted by Gasteiger charge is -2.11. The minimum absolute atomic E-state index is 0.326. The summed E-state index contributed by atoms with van der Waals surface area (Å²) in [7, 11) is 3.03. The van der Waals surface area contributed by atoms with Gasteiger partial charge in [0.1, 0.15) is 11.5 Å². The van der Waals surface area contributed by atoms with Gasteiger partial charge in [-0.3, -0.25) is 4.79 Å². The molecule has 2 rings (SSSR count). The van der Waals surface area contributed by atoms with Crippen LogP contribution in [0.15, 0.2) is 36.4 Å². The van der Waals surface area contributed by atoms with E-state index in [9.17, 15) is 4.79 Å². The summed E-state index contributed by atoms with van der Waals surface area (Å²) in [5, 5.41) is 3.18. The summed E-state index contributed by atoms with van der Waals surface area (Å²) in [5.41, 5.74) is 7.02. The first-order chi connectivity index (χ1) is 10.0. The van der Waals surface area contributed by atoms with E-state index in [1.165, 1.54) is 14.2 Å². The molecule has 3 N–H and O–H groups in total. The van der Waals surface area contributed by atoms with E-state index in [1.54, 1.807) is 36.4 Å². The molecule has 0 fully saturated rings. The Morgan fingerprint density at radius 3 is 2.52 bits per heavy atom. The van der Waals surface area contributed by atoms with Gasteiger partial charge in [-0.15, -0.1) is 0 Å². The number of carbonyl (C=O) groups excluding carboxylic acids is 1. The first-order valence-corrected chi connectivity index (χ1v) is 6.51. The minimum atomic E-state index is -0.326. The number of methoxy groups -OCH3 is 2. The Balaban J connectivity index is 2.28. The average Bonchev–Trinajstić information content (AvgIpc) is 2.50. The Morgan fingerprint density at radius 2 is 1.90 bits per heavy atom. The van der Waals surface area contributed by atoms with Crippen LogP contribution in [-0.2, 0) is 0 Å². The van der Waals surface area contributed by atoms with Crippen LogP contribution in [0.2, 0.25) is 5.02 Å². The minimum Gasteiger partial charge on any atom is -0.497 e. The van der Waals surface area contributed by atoms with Crippen LogP contribution in [0.1, 0.15) is 10.4 Å². The maximum Gasteiger partial charge on any atom is 0.259 e. The Hall–Kier alpha value is -2.40. The number of anilines is 2. The number of amides is 1. The number of rotatable bonds is 4. The van der Waals surface area contributed by atoms with Gasteiger partial charge in [-0.2, -0.15) is 0 Å². The molecule has 21 heavy (non-hydrogen) atoms. The third-order valence-corrected chi connectivity index (χ3v) is 3.25. The molecule has 0 saturated carbocycles. The van der Waals surface area contributed by atoms with Crippen molar-refractivity contribution in [1.82, 2.24) is 0 Å². The van der Waals surface area contributed by atoms with E-state index in [4.69, 9.17) is 26.8 Å². The molecule has 0 radical (unpaired) electrons. The van der Waals surface area contributed by atoms with Gasteiger partial charge in [0.2, 0.25) is 0 Å². The van der Waals surface area contributed by atoms with Crippen LogP contribution < -0.4 is 20.5 Å². The highest BCUT2D eigenvalue weighted by Gasteiger charge is 2.14. The third-order valence-electron chi connectivity index (χ3n) is 2.91. The van der Waals surface area contributed by atoms with E-state index in [-0.39, 0.29) is 5.91 Å². The zero-order valence-corrected chi connectivity index (χ0v) is 12.4. The first-order valence-electron chi connectivity index (χ1n) is 6.13. The summed E-state index contributed by atoms with van der Waals surface area (Å²) in [6.07, 6.45) is 0. The molecule has 1 amide bonds. The predicted molar refractivity (Wildman–Crippen MR) is 83.4 cm³/mol. The van der Waals surface area contributed by atoms with E-state index in [0.29, 0.717) is 33.5 Å². The number of hydrogen-bond acceptors (Lipinski definition) is 4. The van der Waals surface area contributed by atoms with Gasteiger partial charge < -0.3 is 20.5 Å². The number of nitrogen functional groups attached to an aromatic ring is 1. The molecule has 0 aliphatic carbocycles. The normalized spacial score (nSPS) is 10.0. The number of hydrogen-bond donors (Lipinski definition) is 2. The zero-order chi connectivity index (χ0) is 15.4. The standard InChI is InChI=1S/C15H15ClN2O3/c1-20-10-4-6-14(21-2)11(8-10)15(19)18-9-3-5-12(16)13(17)7-9/h3-8H,17H2,1-2H3,(H,18,19). The van der Waals surface area contributed by atoms with E-state index >= 15 is 0 Å². The van der Waals surface area contributed by atoms with Crippen molar-refractivity contribution in [2.75, 3.05) is 25.3 Å². The highest BCUT2D eigenvalue weighted by Crippen LogP contribution is 2.26. The Labute approximate surface area is 127 Å². The Kier molecular flexibility index (Phi) is 4.55. The fourth-order valence-corrected chi connectivity index (χ4v) is 1.93. The fourth-order valence-electron chi connectivity index (χ4n) is 1.81. The van der Waals surface area contributed by atoms with E-state index in [2.05, 4.69) is 5.32 Å². The second-order valence-electron chi connectivity index (χ2n) is 4.26. The number of ether oxygens (including phenoxy) is 2. The molecule has 0 saturated heterocycles. The lowest BCUT2D eigenvalue weighted by molar-refractivity contribution is 0.102. The summed E-state index contributed by atoms with van der Waals surface area (Å²) in [5.74, 6) is 0.694. The average molecular weight is 307 g/mol. The van der Waals surface area contributed by atoms with Crippen LogP contribution >= 0.6 is 11.6 Å². The number of halogens is 1. The number of nitrogens with one attached hydrogen (secondary N) is 1. The van der Waals surface area contributed by atoms with Gasteiger partial charge in [-0.25, -0.2) is 0 Å². The van der Waals surface area contributed by atoms with Gasteiger partial charge in [0.05, 0.1) is 30.5 Å². The molecule has 0 aromatic heterocycles. The van der Waals surface area contributed by atoms with Crippen LogP contribution in [0.4, 0.5) is 11.4 Å². The highest BCUT2D eigenvalue weighted by atomic mass is 35.5. The van der Waals surface area contributed by atoms with Crippen molar-refractivity contribution in [3.63, 3.8) is 0 Å². The van der Waals surface area contributed by atoms with Crippen molar-refractivity contribution in [2.24, 2.45) is 0 Å². The third kappa shape index (κ3) is 3.38. The van der Waals surface area contributed by atoms with Crippen LogP contribution in [0.5, 0.6) is 11.5 Å². The molecule has 0 heterocycles. The van der Waals surface area contributed by atoms with Crippen LogP contribution in [0.25, 0.3) is 0 Å². The summed E-state index contributed by atoms with van der Waals surface area (Å²) in [6, 6.07) is 9.87. The van der Waals surface area contributed by atoms with Crippen molar-refractivity contribution in [3.8, 4) is 11.5 Å². The van der Waals surface area contributed by atoms with Crippen LogP contribution in [0.3, 0.4) is 0 Å². The van der Waals surface area contributed by atoms with E-state index in [1.807, 2.05) is 0 Å². The molecule has 6 heteroatoms. The molecule has 110 valence electrons. The van der Waals surface area contributed by atoms with Gasteiger partial charge in [0.25, 0.3) is 5.91 Å². The lowest BCUT2D eigenvalue weighted by atomic mass is 10.1. The number of benzene rings is 2. The molecular weight excluding hydrogens is 292 g/mol. The molecule has 5 nitrogen and oxygen atoms in total. The predicted octanol–water partition coefficient (Wildman–Crippen LogP) is 3.19. The SMILES string of the molecule is COc1ccc(OC)c(C(=O)Nc2ccc(Cl)c(N)c2)c1. The summed E-state index contributed by atoms with van der Waals surface area (Å²) < 4.78 is 10.3. The quantitative estimate of drug-likeness (QED) is 0.851. The molecule has 0 spiro atoms. The highest BCUT2D eigenvalue weighted by molar-refractivity contribution is 6.33.